The summed E-state index contributed by atoms with van der Waals surface area (Å²) in [4.78, 5) is 12.1. The second kappa shape index (κ2) is 10.7. The number of benzene rings is 1. The Labute approximate surface area is 187 Å². The number of imidazole rings is 1. The van der Waals surface area contributed by atoms with E-state index in [1.165, 1.54) is 5.56 Å². The second-order valence-corrected chi connectivity index (χ2v) is 7.64. The third-order valence-corrected chi connectivity index (χ3v) is 5.24. The number of aromatic nitrogens is 3. The molecular formula is C25H28N4O3. The number of hydrogen-bond acceptors (Lipinski definition) is 6. The van der Waals surface area contributed by atoms with Crippen LogP contribution < -0.4 is 10.5 Å². The molecule has 32 heavy (non-hydrogen) atoms. The summed E-state index contributed by atoms with van der Waals surface area (Å²) in [6.07, 6.45) is 7.56. The number of nitrogens with two attached hydrogens (primary N) is 1. The van der Waals surface area contributed by atoms with Crippen LogP contribution in [0.3, 0.4) is 0 Å². The Morgan fingerprint density at radius 1 is 1.03 bits per heavy atom. The number of H-pyrrole nitrogens is 1. The number of pyridine rings is 1. The number of unbranched alkanes of at least 4 members (excludes halogenated alkanes) is 2. The van der Waals surface area contributed by atoms with Gasteiger partial charge >= 0.3 is 0 Å². The van der Waals surface area contributed by atoms with Crippen molar-refractivity contribution in [3.8, 4) is 28.6 Å². The topological polar surface area (TPSA) is 110 Å². The van der Waals surface area contributed by atoms with Gasteiger partial charge in [0, 0.05) is 0 Å². The van der Waals surface area contributed by atoms with Crippen molar-refractivity contribution in [2.24, 2.45) is 5.73 Å². The van der Waals surface area contributed by atoms with Crippen molar-refractivity contribution in [1.82, 2.24) is 15.0 Å². The summed E-state index contributed by atoms with van der Waals surface area (Å²) in [5.74, 6) is 1.83. The standard InChI is InChI=1S/C25H28N4O3/c26-19(17-30)25-27-16-21(29-25)20-12-13-23(24(28-20)22-11-7-15-32-22)31-14-6-2-5-10-18-8-3-1-4-9-18/h1,3-4,7-9,11-13,15-16,19,30H,2,5-6,10,14,17,26H2,(H,27,29). The van der Waals surface area contributed by atoms with E-state index in [0.29, 0.717) is 41.0 Å². The fraction of sp³-hybridized carbons (Fsp3) is 0.280. The van der Waals surface area contributed by atoms with Gasteiger partial charge in [0.1, 0.15) is 17.3 Å². The molecule has 0 radical (unpaired) electrons. The average Bonchev–Trinajstić information content (AvgIpc) is 3.54. The number of aliphatic hydroxyl groups is 1. The highest BCUT2D eigenvalue weighted by Crippen LogP contribution is 2.31. The fourth-order valence-electron chi connectivity index (χ4n) is 3.48. The number of ether oxygens (including phenoxy) is 1. The van der Waals surface area contributed by atoms with Gasteiger partial charge in [-0.3, -0.25) is 0 Å². The molecule has 1 atom stereocenters. The van der Waals surface area contributed by atoms with Gasteiger partial charge in [0.15, 0.2) is 5.76 Å². The van der Waals surface area contributed by atoms with Crippen molar-refractivity contribution >= 4 is 0 Å². The first-order chi connectivity index (χ1) is 15.7. The molecule has 1 unspecified atom stereocenters. The Bertz CT molecular complexity index is 1090. The highest BCUT2D eigenvalue weighted by molar-refractivity contribution is 5.66. The molecule has 4 rings (SSSR count). The summed E-state index contributed by atoms with van der Waals surface area (Å²) >= 11 is 0. The first-order valence-electron chi connectivity index (χ1n) is 10.9. The summed E-state index contributed by atoms with van der Waals surface area (Å²) in [5.41, 5.74) is 9.25. The van der Waals surface area contributed by atoms with E-state index in [9.17, 15) is 5.11 Å². The van der Waals surface area contributed by atoms with Gasteiger partial charge in [-0.15, -0.1) is 0 Å². The van der Waals surface area contributed by atoms with Gasteiger partial charge in [-0.2, -0.15) is 0 Å². The lowest BCUT2D eigenvalue weighted by molar-refractivity contribution is 0.264. The van der Waals surface area contributed by atoms with Gasteiger partial charge in [-0.05, 0) is 55.5 Å². The molecule has 0 aliphatic rings. The number of nitrogens with one attached hydrogen (secondary N) is 1. The zero-order valence-corrected chi connectivity index (χ0v) is 17.9. The lowest BCUT2D eigenvalue weighted by Crippen LogP contribution is -2.15. The zero-order chi connectivity index (χ0) is 22.2. The Balaban J connectivity index is 1.40. The number of hydrogen-bond donors (Lipinski definition) is 3. The van der Waals surface area contributed by atoms with E-state index >= 15 is 0 Å². The Morgan fingerprint density at radius 2 is 1.91 bits per heavy atom. The summed E-state index contributed by atoms with van der Waals surface area (Å²) in [6, 6.07) is 17.4. The maximum absolute atomic E-state index is 9.24. The molecule has 0 amide bonds. The van der Waals surface area contributed by atoms with Crippen molar-refractivity contribution in [1.29, 1.82) is 0 Å². The van der Waals surface area contributed by atoms with Crippen LogP contribution in [0.15, 0.2) is 71.5 Å². The largest absolute Gasteiger partial charge is 0.491 e. The summed E-state index contributed by atoms with van der Waals surface area (Å²) < 4.78 is 11.6. The number of aliphatic hydroxyl groups excluding tert-OH is 1. The highest BCUT2D eigenvalue weighted by Gasteiger charge is 2.16. The van der Waals surface area contributed by atoms with Crippen molar-refractivity contribution in [2.45, 2.75) is 31.7 Å². The van der Waals surface area contributed by atoms with Gasteiger partial charge in [-0.25, -0.2) is 9.97 Å². The van der Waals surface area contributed by atoms with Crippen molar-refractivity contribution in [2.75, 3.05) is 13.2 Å². The molecule has 0 aliphatic heterocycles. The number of rotatable bonds is 11. The average molecular weight is 433 g/mol. The minimum Gasteiger partial charge on any atom is -0.491 e. The van der Waals surface area contributed by atoms with Crippen LogP contribution in [0.2, 0.25) is 0 Å². The van der Waals surface area contributed by atoms with Crippen LogP contribution >= 0.6 is 0 Å². The number of nitrogens with zero attached hydrogens (tertiary/aromatic N) is 2. The summed E-state index contributed by atoms with van der Waals surface area (Å²) in [5, 5.41) is 9.24. The molecule has 0 spiro atoms. The van der Waals surface area contributed by atoms with Crippen molar-refractivity contribution < 1.29 is 14.3 Å². The lowest BCUT2D eigenvalue weighted by atomic mass is 10.1. The van der Waals surface area contributed by atoms with Crippen molar-refractivity contribution in [3.05, 3.63) is 78.4 Å². The predicted molar refractivity (Wildman–Crippen MR) is 123 cm³/mol. The van der Waals surface area contributed by atoms with Crippen LogP contribution in [0.5, 0.6) is 5.75 Å². The Kier molecular flexibility index (Phi) is 7.32. The first kappa shape index (κ1) is 21.8. The SMILES string of the molecule is NC(CO)c1ncc(-c2ccc(OCCCCCc3ccccc3)c(-c3ccco3)n2)[nH]1. The number of aromatic amines is 1. The van der Waals surface area contributed by atoms with E-state index in [0.717, 1.165) is 25.7 Å². The van der Waals surface area contributed by atoms with Gasteiger partial charge in [-0.1, -0.05) is 30.3 Å². The number of furan rings is 1. The third-order valence-electron chi connectivity index (χ3n) is 5.24. The van der Waals surface area contributed by atoms with Crippen LogP contribution in [0.1, 0.15) is 36.7 Å². The molecule has 0 bridgehead atoms. The molecule has 1 aromatic carbocycles. The van der Waals surface area contributed by atoms with Gasteiger partial charge < -0.3 is 25.0 Å². The molecule has 4 aromatic rings. The van der Waals surface area contributed by atoms with E-state index in [4.69, 9.17) is 19.9 Å². The highest BCUT2D eigenvalue weighted by atomic mass is 16.5. The molecule has 4 N–H and O–H groups in total. The number of aryl methyl sites for hydroxylation is 1. The summed E-state index contributed by atoms with van der Waals surface area (Å²) in [6.45, 7) is 0.430. The van der Waals surface area contributed by atoms with E-state index < -0.39 is 6.04 Å². The maximum atomic E-state index is 9.24. The minimum atomic E-state index is -0.558. The maximum Gasteiger partial charge on any atom is 0.156 e. The quantitative estimate of drug-likeness (QED) is 0.301. The normalized spacial score (nSPS) is 12.1. The van der Waals surface area contributed by atoms with Gasteiger partial charge in [0.2, 0.25) is 0 Å². The monoisotopic (exact) mass is 432 g/mol. The van der Waals surface area contributed by atoms with Crippen LogP contribution in [0.4, 0.5) is 0 Å². The van der Waals surface area contributed by atoms with E-state index in [1.54, 1.807) is 12.5 Å². The fourth-order valence-corrected chi connectivity index (χ4v) is 3.48. The Hall–Kier alpha value is -3.42. The van der Waals surface area contributed by atoms with E-state index in [-0.39, 0.29) is 6.61 Å². The molecule has 3 heterocycles. The van der Waals surface area contributed by atoms with Crippen LogP contribution in [-0.4, -0.2) is 33.3 Å². The van der Waals surface area contributed by atoms with Gasteiger partial charge in [0.25, 0.3) is 0 Å². The predicted octanol–water partition coefficient (Wildman–Crippen LogP) is 4.52. The van der Waals surface area contributed by atoms with E-state index in [2.05, 4.69) is 34.2 Å². The smallest absolute Gasteiger partial charge is 0.156 e. The first-order valence-corrected chi connectivity index (χ1v) is 10.9. The minimum absolute atomic E-state index is 0.184. The summed E-state index contributed by atoms with van der Waals surface area (Å²) in [7, 11) is 0. The molecule has 0 saturated heterocycles. The van der Waals surface area contributed by atoms with Crippen LogP contribution in [0.25, 0.3) is 22.8 Å². The zero-order valence-electron chi connectivity index (χ0n) is 17.9. The second-order valence-electron chi connectivity index (χ2n) is 7.64. The van der Waals surface area contributed by atoms with Crippen LogP contribution in [-0.2, 0) is 6.42 Å². The Morgan fingerprint density at radius 3 is 2.69 bits per heavy atom. The molecule has 3 aromatic heterocycles. The molecule has 7 nitrogen and oxygen atoms in total. The molecule has 7 heteroatoms. The molecule has 166 valence electrons. The van der Waals surface area contributed by atoms with Gasteiger partial charge in [0.05, 0.1) is 43.1 Å². The molecule has 0 aliphatic carbocycles. The third kappa shape index (κ3) is 5.43. The van der Waals surface area contributed by atoms with Crippen molar-refractivity contribution in [3.63, 3.8) is 0 Å². The molecule has 0 saturated carbocycles. The van der Waals surface area contributed by atoms with Crippen LogP contribution in [0, 0.1) is 0 Å². The molecule has 0 fully saturated rings. The lowest BCUT2D eigenvalue weighted by Gasteiger charge is -2.11. The van der Waals surface area contributed by atoms with E-state index in [1.807, 2.05) is 30.3 Å². The molecular weight excluding hydrogens is 404 g/mol.